The first-order valence-electron chi connectivity index (χ1n) is 8.28. The van der Waals surface area contributed by atoms with Crippen LogP contribution >= 0.6 is 0 Å². The average molecular weight is 380 g/mol. The number of nitriles is 1. The summed E-state index contributed by atoms with van der Waals surface area (Å²) in [5.41, 5.74) is 0.873. The van der Waals surface area contributed by atoms with Crippen LogP contribution in [0.5, 0.6) is 0 Å². The summed E-state index contributed by atoms with van der Waals surface area (Å²) in [6.07, 6.45) is 1.57. The Kier molecular flexibility index (Phi) is 5.22. The van der Waals surface area contributed by atoms with Gasteiger partial charge in [0.25, 0.3) is 11.5 Å². The van der Waals surface area contributed by atoms with Gasteiger partial charge in [-0.2, -0.15) is 5.26 Å². The van der Waals surface area contributed by atoms with Gasteiger partial charge in [0.2, 0.25) is 5.71 Å². The molecule has 0 unspecified atom stereocenters. The molecule has 0 aliphatic heterocycles. The van der Waals surface area contributed by atoms with E-state index in [4.69, 9.17) is 14.4 Å². The number of benzene rings is 1. The van der Waals surface area contributed by atoms with Crippen molar-refractivity contribution < 1.29 is 18.7 Å². The number of carbonyl (C=O) groups is 2. The maximum absolute atomic E-state index is 12.4. The number of esters is 1. The summed E-state index contributed by atoms with van der Waals surface area (Å²) in [4.78, 5) is 40.7. The number of ether oxygens (including phenoxy) is 1. The summed E-state index contributed by atoms with van der Waals surface area (Å²) < 4.78 is 11.6. The fraction of sp³-hybridized carbons (Fsp3) is 0.211. The molecule has 28 heavy (non-hydrogen) atoms. The maximum atomic E-state index is 12.4. The number of hydrogen-bond donors (Lipinski definition) is 1. The summed E-state index contributed by atoms with van der Waals surface area (Å²) in [5, 5.41) is 11.3. The zero-order chi connectivity index (χ0) is 20.3. The summed E-state index contributed by atoms with van der Waals surface area (Å²) in [7, 11) is 1.50. The van der Waals surface area contributed by atoms with E-state index in [9.17, 15) is 14.4 Å². The Bertz CT molecular complexity index is 1150. The number of carbonyl (C=O) groups excluding carboxylic acids is 2. The molecule has 142 valence electrons. The van der Waals surface area contributed by atoms with Gasteiger partial charge < -0.3 is 19.0 Å². The van der Waals surface area contributed by atoms with E-state index in [0.717, 1.165) is 5.56 Å². The van der Waals surface area contributed by atoms with E-state index in [2.05, 4.69) is 10.3 Å². The van der Waals surface area contributed by atoms with E-state index in [1.165, 1.54) is 24.9 Å². The van der Waals surface area contributed by atoms with Gasteiger partial charge in [0.05, 0.1) is 12.5 Å². The molecule has 0 aliphatic carbocycles. The van der Waals surface area contributed by atoms with Crippen molar-refractivity contribution in [3.8, 4) is 6.07 Å². The Morgan fingerprint density at radius 1 is 1.32 bits per heavy atom. The lowest BCUT2D eigenvalue weighted by Gasteiger charge is -2.07. The number of anilines is 1. The minimum Gasteiger partial charge on any atom is -0.452 e. The van der Waals surface area contributed by atoms with Crippen molar-refractivity contribution in [2.45, 2.75) is 13.3 Å². The van der Waals surface area contributed by atoms with E-state index >= 15 is 0 Å². The van der Waals surface area contributed by atoms with Gasteiger partial charge in [0, 0.05) is 12.7 Å². The van der Waals surface area contributed by atoms with Gasteiger partial charge in [-0.05, 0) is 24.6 Å². The number of aromatic nitrogens is 2. The first-order chi connectivity index (χ1) is 13.4. The van der Waals surface area contributed by atoms with Gasteiger partial charge in [-0.15, -0.1) is 0 Å². The van der Waals surface area contributed by atoms with Crippen LogP contribution in [0.2, 0.25) is 0 Å². The topological polar surface area (TPSA) is 127 Å². The highest BCUT2D eigenvalue weighted by atomic mass is 16.5. The second kappa shape index (κ2) is 7.75. The van der Waals surface area contributed by atoms with Gasteiger partial charge in [-0.3, -0.25) is 9.59 Å². The Morgan fingerprint density at radius 2 is 2.04 bits per heavy atom. The van der Waals surface area contributed by atoms with Crippen LogP contribution in [-0.2, 0) is 23.0 Å². The number of furan rings is 1. The van der Waals surface area contributed by atoms with Crippen molar-refractivity contribution in [2.24, 2.45) is 7.05 Å². The fourth-order valence-electron chi connectivity index (χ4n) is 2.63. The van der Waals surface area contributed by atoms with Crippen molar-refractivity contribution in [1.29, 1.82) is 5.26 Å². The quantitative estimate of drug-likeness (QED) is 0.667. The monoisotopic (exact) mass is 380 g/mol. The highest BCUT2D eigenvalue weighted by Crippen LogP contribution is 2.21. The summed E-state index contributed by atoms with van der Waals surface area (Å²) in [6, 6.07) is 8.76. The molecule has 1 aromatic carbocycles. The summed E-state index contributed by atoms with van der Waals surface area (Å²) in [5.74, 6) is -1.21. The van der Waals surface area contributed by atoms with E-state index in [0.29, 0.717) is 5.69 Å². The van der Waals surface area contributed by atoms with Crippen molar-refractivity contribution in [3.63, 3.8) is 0 Å². The molecule has 3 rings (SSSR count). The van der Waals surface area contributed by atoms with Crippen molar-refractivity contribution >= 4 is 28.7 Å². The minimum absolute atomic E-state index is 0.0148. The molecule has 2 aromatic heterocycles. The molecular formula is C19H16N4O5. The Balaban J connectivity index is 1.69. The molecule has 0 atom stereocenters. The lowest BCUT2D eigenvalue weighted by atomic mass is 10.1. The number of nitrogens with one attached hydrogen (secondary N) is 1. The Labute approximate surface area is 159 Å². The maximum Gasteiger partial charge on any atom is 0.343 e. The molecule has 0 aliphatic rings. The molecule has 0 spiro atoms. The van der Waals surface area contributed by atoms with Crippen LogP contribution in [0.3, 0.4) is 0 Å². The molecule has 0 bridgehead atoms. The molecular weight excluding hydrogens is 364 g/mol. The average Bonchev–Trinajstić information content (AvgIpc) is 3.01. The van der Waals surface area contributed by atoms with Gasteiger partial charge in [0.15, 0.2) is 6.61 Å². The molecule has 1 N–H and O–H groups in total. The number of amides is 1. The predicted octanol–water partition coefficient (Wildman–Crippen LogP) is 1.70. The second-order valence-electron chi connectivity index (χ2n) is 6.03. The van der Waals surface area contributed by atoms with Crippen LogP contribution in [-0.4, -0.2) is 28.0 Å². The third-order valence-corrected chi connectivity index (χ3v) is 4.01. The largest absolute Gasteiger partial charge is 0.452 e. The lowest BCUT2D eigenvalue weighted by molar-refractivity contribution is -0.119. The third kappa shape index (κ3) is 3.76. The Morgan fingerprint density at radius 3 is 2.71 bits per heavy atom. The van der Waals surface area contributed by atoms with Crippen LogP contribution in [0.1, 0.15) is 21.7 Å². The number of hydrogen-bond acceptors (Lipinski definition) is 7. The van der Waals surface area contributed by atoms with Crippen LogP contribution in [0.25, 0.3) is 11.1 Å². The fourth-order valence-corrected chi connectivity index (χ4v) is 2.63. The normalized spacial score (nSPS) is 10.5. The molecule has 0 saturated heterocycles. The summed E-state index contributed by atoms with van der Waals surface area (Å²) >= 11 is 0. The van der Waals surface area contributed by atoms with Gasteiger partial charge in [0.1, 0.15) is 23.0 Å². The first kappa shape index (κ1) is 18.8. The first-order valence-corrected chi connectivity index (χ1v) is 8.28. The molecule has 0 fully saturated rings. The molecule has 0 saturated carbocycles. The highest BCUT2D eigenvalue weighted by Gasteiger charge is 2.24. The van der Waals surface area contributed by atoms with Crippen molar-refractivity contribution in [1.82, 2.24) is 9.55 Å². The Hall–Kier alpha value is -3.93. The van der Waals surface area contributed by atoms with E-state index in [1.54, 1.807) is 24.3 Å². The SMILES string of the molecule is Cc1oc2ncn(C)c(=O)c2c1C(=O)OCC(=O)Nc1ccc(CC#N)cc1. The molecule has 3 aromatic rings. The van der Waals surface area contributed by atoms with Crippen LogP contribution < -0.4 is 10.9 Å². The predicted molar refractivity (Wildman–Crippen MR) is 98.7 cm³/mol. The highest BCUT2D eigenvalue weighted by molar-refractivity contribution is 6.04. The van der Waals surface area contributed by atoms with Crippen molar-refractivity contribution in [2.75, 3.05) is 11.9 Å². The zero-order valence-electron chi connectivity index (χ0n) is 15.2. The molecule has 9 heteroatoms. The molecule has 0 radical (unpaired) electrons. The third-order valence-electron chi connectivity index (χ3n) is 4.01. The van der Waals surface area contributed by atoms with Crippen molar-refractivity contribution in [3.05, 3.63) is 57.8 Å². The minimum atomic E-state index is -0.846. The standard InChI is InChI=1S/C19H16N4O5/c1-11-15(16-17(28-11)21-10-23(2)18(16)25)19(26)27-9-14(24)22-13-5-3-12(4-6-13)7-8-20/h3-6,10H,7,9H2,1-2H3,(H,22,24). The number of fused-ring (bicyclic) bond motifs is 1. The van der Waals surface area contributed by atoms with Crippen LogP contribution in [0, 0.1) is 18.3 Å². The van der Waals surface area contributed by atoms with E-state index in [-0.39, 0.29) is 28.8 Å². The number of rotatable bonds is 5. The zero-order valence-corrected chi connectivity index (χ0v) is 15.2. The van der Waals surface area contributed by atoms with Crippen LogP contribution in [0.4, 0.5) is 5.69 Å². The number of nitrogens with zero attached hydrogens (tertiary/aromatic N) is 3. The number of aryl methyl sites for hydroxylation is 2. The smallest absolute Gasteiger partial charge is 0.343 e. The van der Waals surface area contributed by atoms with Crippen LogP contribution in [0.15, 0.2) is 39.8 Å². The lowest BCUT2D eigenvalue weighted by Crippen LogP contribution is -2.22. The molecule has 2 heterocycles. The molecule has 9 nitrogen and oxygen atoms in total. The summed E-state index contributed by atoms with van der Waals surface area (Å²) in [6.45, 7) is 0.978. The van der Waals surface area contributed by atoms with Gasteiger partial charge in [-0.25, -0.2) is 9.78 Å². The molecule has 1 amide bonds. The van der Waals surface area contributed by atoms with Gasteiger partial charge >= 0.3 is 5.97 Å². The van der Waals surface area contributed by atoms with E-state index in [1.807, 2.05) is 6.07 Å². The van der Waals surface area contributed by atoms with E-state index < -0.39 is 24.0 Å². The van der Waals surface area contributed by atoms with Gasteiger partial charge in [-0.1, -0.05) is 12.1 Å². The second-order valence-corrected chi connectivity index (χ2v) is 6.03.